The van der Waals surface area contributed by atoms with Gasteiger partial charge < -0.3 is 9.64 Å². The molecule has 1 spiro atoms. The molecule has 0 bridgehead atoms. The van der Waals surface area contributed by atoms with E-state index in [1.54, 1.807) is 0 Å². The van der Waals surface area contributed by atoms with Gasteiger partial charge in [0.2, 0.25) is 0 Å². The van der Waals surface area contributed by atoms with Crippen LogP contribution in [0, 0.1) is 0 Å². The van der Waals surface area contributed by atoms with Crippen LogP contribution in [-0.4, -0.2) is 15.0 Å². The van der Waals surface area contributed by atoms with Crippen LogP contribution >= 0.6 is 0 Å². The summed E-state index contributed by atoms with van der Waals surface area (Å²) >= 11 is 0. The number of hydrogen-bond donors (Lipinski definition) is 0. The fourth-order valence-electron chi connectivity index (χ4n) is 8.42. The number of ether oxygens (including phenoxy) is 1. The summed E-state index contributed by atoms with van der Waals surface area (Å²) in [6.45, 7) is 0. The molecule has 1 unspecified atom stereocenters. The summed E-state index contributed by atoms with van der Waals surface area (Å²) in [6, 6.07) is 59.5. The van der Waals surface area contributed by atoms with E-state index < -0.39 is 5.41 Å². The van der Waals surface area contributed by atoms with Gasteiger partial charge in [0.15, 0.2) is 29.0 Å². The Morgan fingerprint density at radius 1 is 0.392 bits per heavy atom. The average molecular weight is 653 g/mol. The lowest BCUT2D eigenvalue weighted by molar-refractivity contribution is 0.473. The molecule has 1 aliphatic carbocycles. The first-order valence-electron chi connectivity index (χ1n) is 17.2. The van der Waals surface area contributed by atoms with Crippen molar-refractivity contribution in [3.8, 4) is 56.8 Å². The highest BCUT2D eigenvalue weighted by molar-refractivity contribution is 5.99. The van der Waals surface area contributed by atoms with Gasteiger partial charge in [0.05, 0.1) is 22.5 Å². The van der Waals surface area contributed by atoms with Crippen LogP contribution in [0.4, 0.5) is 17.1 Å². The molecule has 51 heavy (non-hydrogen) atoms. The minimum Gasteiger partial charge on any atom is -0.453 e. The van der Waals surface area contributed by atoms with Gasteiger partial charge in [-0.25, -0.2) is 15.0 Å². The predicted molar refractivity (Wildman–Crippen MR) is 202 cm³/mol. The van der Waals surface area contributed by atoms with Crippen molar-refractivity contribution < 1.29 is 4.74 Å². The molecule has 0 saturated carbocycles. The van der Waals surface area contributed by atoms with E-state index in [1.165, 1.54) is 33.4 Å². The van der Waals surface area contributed by atoms with Gasteiger partial charge in [-0.15, -0.1) is 0 Å². The third kappa shape index (κ3) is 3.88. The highest BCUT2D eigenvalue weighted by Crippen LogP contribution is 2.66. The van der Waals surface area contributed by atoms with Crippen LogP contribution in [0.3, 0.4) is 0 Å². The highest BCUT2D eigenvalue weighted by Gasteiger charge is 2.53. The molecule has 1 atom stereocenters. The topological polar surface area (TPSA) is 51.1 Å². The number of anilines is 3. The molecule has 0 N–H and O–H groups in total. The third-order valence-electron chi connectivity index (χ3n) is 10.5. The van der Waals surface area contributed by atoms with E-state index in [1.807, 2.05) is 72.8 Å². The molecule has 0 amide bonds. The van der Waals surface area contributed by atoms with Gasteiger partial charge in [-0.05, 0) is 63.7 Å². The Balaban J connectivity index is 1.20. The van der Waals surface area contributed by atoms with E-state index in [2.05, 4.69) is 102 Å². The average Bonchev–Trinajstić information content (AvgIpc) is 3.50. The Labute approximate surface area is 295 Å². The number of aromatic nitrogens is 3. The largest absolute Gasteiger partial charge is 0.453 e. The quantitative estimate of drug-likeness (QED) is 0.190. The summed E-state index contributed by atoms with van der Waals surface area (Å²) in [5.41, 5.74) is 12.7. The summed E-state index contributed by atoms with van der Waals surface area (Å²) in [7, 11) is 0. The lowest BCUT2D eigenvalue weighted by Crippen LogP contribution is -2.37. The lowest BCUT2D eigenvalue weighted by Gasteiger charge is -2.47. The van der Waals surface area contributed by atoms with Crippen LogP contribution in [0.25, 0.3) is 45.3 Å². The van der Waals surface area contributed by atoms with Gasteiger partial charge >= 0.3 is 0 Å². The van der Waals surface area contributed by atoms with Crippen molar-refractivity contribution >= 4 is 17.1 Å². The lowest BCUT2D eigenvalue weighted by atomic mass is 9.64. The molecule has 8 aromatic rings. The standard InChI is InChI=1S/C46H28N4O/c1-3-14-29(15-4-1)43-47-44(30-16-5-2-6-17-30)49-45(48-43)31-26-27-33-32-18-7-8-19-34(32)46(37(33)28-31)35-20-9-10-22-38(35)50-39-23-11-12-24-40(39)51-41-25-13-21-36(46)42(41)50/h1-28H. The van der Waals surface area contributed by atoms with Gasteiger partial charge in [0.1, 0.15) is 0 Å². The number of para-hydroxylation sites is 4. The Bertz CT molecular complexity index is 2630. The maximum atomic E-state index is 6.65. The molecule has 5 nitrogen and oxygen atoms in total. The maximum absolute atomic E-state index is 6.65. The van der Waals surface area contributed by atoms with Crippen molar-refractivity contribution in [2.45, 2.75) is 5.41 Å². The van der Waals surface area contributed by atoms with Crippen molar-refractivity contribution in [1.29, 1.82) is 0 Å². The molecule has 2 aliphatic heterocycles. The molecule has 5 heteroatoms. The molecule has 0 saturated heterocycles. The Hall–Kier alpha value is -6.85. The molecule has 0 fully saturated rings. The molecule has 3 aliphatic rings. The number of rotatable bonds is 3. The molecule has 1 aromatic heterocycles. The molecule has 0 radical (unpaired) electrons. The molecular weight excluding hydrogens is 625 g/mol. The van der Waals surface area contributed by atoms with Gasteiger partial charge in [-0.2, -0.15) is 0 Å². The van der Waals surface area contributed by atoms with E-state index in [0.29, 0.717) is 17.5 Å². The minimum atomic E-state index is -0.617. The summed E-state index contributed by atoms with van der Waals surface area (Å²) in [5.74, 6) is 3.61. The molecule has 238 valence electrons. The van der Waals surface area contributed by atoms with Crippen molar-refractivity contribution in [3.05, 3.63) is 192 Å². The van der Waals surface area contributed by atoms with Crippen molar-refractivity contribution in [2.75, 3.05) is 4.90 Å². The van der Waals surface area contributed by atoms with E-state index in [0.717, 1.165) is 45.3 Å². The zero-order valence-corrected chi connectivity index (χ0v) is 27.4. The fraction of sp³-hybridized carbons (Fsp3) is 0.0217. The number of fused-ring (bicyclic) bond motifs is 11. The number of hydrogen-bond acceptors (Lipinski definition) is 5. The first-order valence-corrected chi connectivity index (χ1v) is 17.2. The van der Waals surface area contributed by atoms with Gasteiger partial charge in [-0.1, -0.05) is 140 Å². The summed E-state index contributed by atoms with van der Waals surface area (Å²) < 4.78 is 6.65. The van der Waals surface area contributed by atoms with Crippen LogP contribution in [0.2, 0.25) is 0 Å². The van der Waals surface area contributed by atoms with Gasteiger partial charge in [0, 0.05) is 16.7 Å². The van der Waals surface area contributed by atoms with Gasteiger partial charge in [-0.3, -0.25) is 0 Å². The smallest absolute Gasteiger partial charge is 0.164 e. The number of benzene rings is 7. The maximum Gasteiger partial charge on any atom is 0.164 e. The first-order chi connectivity index (χ1) is 25.3. The van der Waals surface area contributed by atoms with Crippen molar-refractivity contribution in [2.24, 2.45) is 0 Å². The van der Waals surface area contributed by atoms with Crippen LogP contribution < -0.4 is 9.64 Å². The SMILES string of the molecule is c1ccc(-c2nc(-c3ccccc3)nc(-c3ccc4c(c3)C3(c5ccccc5-4)c4ccccc4N4c5ccccc5Oc5cccc3c54)n2)cc1. The van der Waals surface area contributed by atoms with Crippen LogP contribution in [-0.2, 0) is 5.41 Å². The fourth-order valence-corrected chi connectivity index (χ4v) is 8.42. The molecule has 7 aromatic carbocycles. The van der Waals surface area contributed by atoms with E-state index in [9.17, 15) is 0 Å². The van der Waals surface area contributed by atoms with E-state index in [4.69, 9.17) is 19.7 Å². The van der Waals surface area contributed by atoms with Crippen LogP contribution in [0.1, 0.15) is 22.3 Å². The van der Waals surface area contributed by atoms with Crippen molar-refractivity contribution in [3.63, 3.8) is 0 Å². The zero-order valence-electron chi connectivity index (χ0n) is 27.4. The highest BCUT2D eigenvalue weighted by atomic mass is 16.5. The minimum absolute atomic E-state index is 0.617. The molecule has 3 heterocycles. The van der Waals surface area contributed by atoms with Crippen LogP contribution in [0.5, 0.6) is 11.5 Å². The monoisotopic (exact) mass is 652 g/mol. The predicted octanol–water partition coefficient (Wildman–Crippen LogP) is 11.1. The second-order valence-corrected chi connectivity index (χ2v) is 13.2. The Morgan fingerprint density at radius 2 is 0.941 bits per heavy atom. The summed E-state index contributed by atoms with van der Waals surface area (Å²) in [6.07, 6.45) is 0. The van der Waals surface area contributed by atoms with Gasteiger partial charge in [0.25, 0.3) is 0 Å². The zero-order chi connectivity index (χ0) is 33.5. The van der Waals surface area contributed by atoms with E-state index >= 15 is 0 Å². The number of nitrogens with zero attached hydrogens (tertiary/aromatic N) is 4. The summed E-state index contributed by atoms with van der Waals surface area (Å²) in [5, 5.41) is 0. The first kappa shape index (κ1) is 28.0. The van der Waals surface area contributed by atoms with Crippen LogP contribution in [0.15, 0.2) is 170 Å². The van der Waals surface area contributed by atoms with E-state index in [-0.39, 0.29) is 0 Å². The second kappa shape index (κ2) is 10.6. The third-order valence-corrected chi connectivity index (χ3v) is 10.5. The Kier molecular flexibility index (Phi) is 5.81. The summed E-state index contributed by atoms with van der Waals surface area (Å²) in [4.78, 5) is 17.6. The van der Waals surface area contributed by atoms with Crippen molar-refractivity contribution in [1.82, 2.24) is 15.0 Å². The Morgan fingerprint density at radius 3 is 1.69 bits per heavy atom. The molecule has 11 rings (SSSR count). The molecular formula is C46H28N4O. The second-order valence-electron chi connectivity index (χ2n) is 13.2. The normalized spacial score (nSPS) is 15.6.